The van der Waals surface area contributed by atoms with Gasteiger partial charge in [0.2, 0.25) is 0 Å². The molecule has 0 aliphatic carbocycles. The summed E-state index contributed by atoms with van der Waals surface area (Å²) in [7, 11) is 3.36. The molecule has 1 atom stereocenters. The Morgan fingerprint density at radius 3 is 2.52 bits per heavy atom. The summed E-state index contributed by atoms with van der Waals surface area (Å²) in [6.45, 7) is 0.752. The molecule has 0 aromatic heterocycles. The number of carbonyl (C=O) groups is 1. The van der Waals surface area contributed by atoms with E-state index in [1.807, 2.05) is 36.4 Å². The van der Waals surface area contributed by atoms with Crippen LogP contribution in [0.1, 0.15) is 17.0 Å². The third-order valence-corrected chi connectivity index (χ3v) is 4.34. The van der Waals surface area contributed by atoms with Crippen LogP contribution in [0.25, 0.3) is 5.57 Å². The zero-order valence-electron chi connectivity index (χ0n) is 14.2. The zero-order valence-corrected chi connectivity index (χ0v) is 14.2. The van der Waals surface area contributed by atoms with Gasteiger partial charge in [-0.3, -0.25) is 0 Å². The van der Waals surface area contributed by atoms with Crippen molar-refractivity contribution in [2.45, 2.75) is 5.92 Å². The average Bonchev–Trinajstić information content (AvgIpc) is 2.63. The summed E-state index contributed by atoms with van der Waals surface area (Å²) in [5, 5.41) is 0. The number of hydrogen-bond donors (Lipinski definition) is 0. The third kappa shape index (κ3) is 3.71. The number of amides is 2. The van der Waals surface area contributed by atoms with Crippen LogP contribution in [0.3, 0.4) is 0 Å². The van der Waals surface area contributed by atoms with Gasteiger partial charge in [-0.15, -0.1) is 0 Å². The Kier molecular flexibility index (Phi) is 4.83. The molecule has 25 heavy (non-hydrogen) atoms. The molecule has 3 rings (SSSR count). The molecule has 0 radical (unpaired) electrons. The SMILES string of the molecule is CN(C)C(=O)N1CC(c2cc(F)ccc2F)=CC(c2ccccc2)C1. The van der Waals surface area contributed by atoms with E-state index in [0.717, 1.165) is 17.7 Å². The Morgan fingerprint density at radius 2 is 1.84 bits per heavy atom. The second-order valence-electron chi connectivity index (χ2n) is 6.39. The van der Waals surface area contributed by atoms with Gasteiger partial charge in [-0.2, -0.15) is 0 Å². The number of urea groups is 1. The lowest BCUT2D eigenvalue weighted by molar-refractivity contribution is 0.174. The number of hydrogen-bond acceptors (Lipinski definition) is 1. The minimum absolute atomic E-state index is 0.0727. The molecular formula is C20H20F2N2O. The van der Waals surface area contributed by atoms with E-state index in [-0.39, 0.29) is 24.1 Å². The second kappa shape index (κ2) is 7.05. The lowest BCUT2D eigenvalue weighted by Crippen LogP contribution is -2.44. The summed E-state index contributed by atoms with van der Waals surface area (Å²) in [4.78, 5) is 15.6. The molecule has 1 aliphatic rings. The molecule has 0 N–H and O–H groups in total. The van der Waals surface area contributed by atoms with Crippen LogP contribution in [-0.4, -0.2) is 43.0 Å². The van der Waals surface area contributed by atoms with Gasteiger partial charge in [0, 0.05) is 38.7 Å². The van der Waals surface area contributed by atoms with Gasteiger partial charge in [-0.1, -0.05) is 36.4 Å². The van der Waals surface area contributed by atoms with E-state index in [1.54, 1.807) is 19.0 Å². The van der Waals surface area contributed by atoms with E-state index in [2.05, 4.69) is 0 Å². The van der Waals surface area contributed by atoms with Crippen molar-refractivity contribution >= 4 is 11.6 Å². The summed E-state index contributed by atoms with van der Waals surface area (Å²) in [6.07, 6.45) is 1.94. The fourth-order valence-corrected chi connectivity index (χ4v) is 3.10. The Balaban J connectivity index is 2.03. The normalized spacial score (nSPS) is 17.2. The van der Waals surface area contributed by atoms with Crippen LogP contribution in [0.2, 0.25) is 0 Å². The van der Waals surface area contributed by atoms with Gasteiger partial charge < -0.3 is 9.80 Å². The third-order valence-electron chi connectivity index (χ3n) is 4.34. The van der Waals surface area contributed by atoms with Gasteiger partial charge in [0.1, 0.15) is 11.6 Å². The van der Waals surface area contributed by atoms with Gasteiger partial charge in [0.15, 0.2) is 0 Å². The van der Waals surface area contributed by atoms with Gasteiger partial charge >= 0.3 is 6.03 Å². The molecule has 3 nitrogen and oxygen atoms in total. The van der Waals surface area contributed by atoms with E-state index in [0.29, 0.717) is 12.1 Å². The first-order chi connectivity index (χ1) is 12.0. The van der Waals surface area contributed by atoms with Crippen molar-refractivity contribution in [3.63, 3.8) is 0 Å². The van der Waals surface area contributed by atoms with Crippen LogP contribution < -0.4 is 0 Å². The maximum atomic E-state index is 14.2. The van der Waals surface area contributed by atoms with Crippen molar-refractivity contribution in [1.29, 1.82) is 0 Å². The summed E-state index contributed by atoms with van der Waals surface area (Å²) in [5.41, 5.74) is 1.86. The van der Waals surface area contributed by atoms with Crippen molar-refractivity contribution in [1.82, 2.24) is 9.80 Å². The molecule has 1 aliphatic heterocycles. The van der Waals surface area contributed by atoms with Crippen molar-refractivity contribution < 1.29 is 13.6 Å². The molecule has 0 saturated heterocycles. The summed E-state index contributed by atoms with van der Waals surface area (Å²) in [5.74, 6) is -1.06. The van der Waals surface area contributed by atoms with Crippen LogP contribution in [-0.2, 0) is 0 Å². The highest BCUT2D eigenvalue weighted by Crippen LogP contribution is 2.31. The predicted octanol–water partition coefficient (Wildman–Crippen LogP) is 4.13. The number of carbonyl (C=O) groups excluding carboxylic acids is 1. The maximum Gasteiger partial charge on any atom is 0.319 e. The molecule has 0 spiro atoms. The molecule has 0 fully saturated rings. The van der Waals surface area contributed by atoms with Crippen LogP contribution in [0.15, 0.2) is 54.6 Å². The molecule has 1 heterocycles. The maximum absolute atomic E-state index is 14.2. The standard InChI is InChI=1S/C20H20F2N2O/c1-23(2)20(25)24-12-15(14-6-4-3-5-7-14)10-16(13-24)18-11-17(21)8-9-19(18)22/h3-11,15H,12-13H2,1-2H3. The minimum atomic E-state index is -0.496. The Hall–Kier alpha value is -2.69. The second-order valence-corrected chi connectivity index (χ2v) is 6.39. The van der Waals surface area contributed by atoms with E-state index < -0.39 is 11.6 Å². The predicted molar refractivity (Wildman–Crippen MR) is 94.2 cm³/mol. The summed E-state index contributed by atoms with van der Waals surface area (Å²) >= 11 is 0. The zero-order chi connectivity index (χ0) is 18.0. The van der Waals surface area contributed by atoms with Gasteiger partial charge in [0.25, 0.3) is 0 Å². The van der Waals surface area contributed by atoms with E-state index >= 15 is 0 Å². The molecule has 1 unspecified atom stereocenters. The average molecular weight is 342 g/mol. The first-order valence-electron chi connectivity index (χ1n) is 8.13. The lowest BCUT2D eigenvalue weighted by Gasteiger charge is -2.34. The highest BCUT2D eigenvalue weighted by Gasteiger charge is 2.27. The van der Waals surface area contributed by atoms with Crippen molar-refractivity contribution in [2.24, 2.45) is 0 Å². The van der Waals surface area contributed by atoms with E-state index in [9.17, 15) is 13.6 Å². The topological polar surface area (TPSA) is 23.6 Å². The monoisotopic (exact) mass is 342 g/mol. The number of rotatable bonds is 2. The van der Waals surface area contributed by atoms with Crippen molar-refractivity contribution in [3.05, 3.63) is 77.4 Å². The van der Waals surface area contributed by atoms with Gasteiger partial charge in [0.05, 0.1) is 0 Å². The van der Waals surface area contributed by atoms with Crippen LogP contribution >= 0.6 is 0 Å². The van der Waals surface area contributed by atoms with Crippen LogP contribution in [0, 0.1) is 11.6 Å². The highest BCUT2D eigenvalue weighted by atomic mass is 19.1. The van der Waals surface area contributed by atoms with Crippen LogP contribution in [0.5, 0.6) is 0 Å². The summed E-state index contributed by atoms with van der Waals surface area (Å²) in [6, 6.07) is 13.0. The first kappa shape index (κ1) is 17.1. The quantitative estimate of drug-likeness (QED) is 0.805. The first-order valence-corrected chi connectivity index (χ1v) is 8.13. The fourth-order valence-electron chi connectivity index (χ4n) is 3.10. The molecule has 130 valence electrons. The fraction of sp³-hybridized carbons (Fsp3) is 0.250. The van der Waals surface area contributed by atoms with E-state index in [1.165, 1.54) is 11.0 Å². The largest absolute Gasteiger partial charge is 0.331 e. The number of halogens is 2. The van der Waals surface area contributed by atoms with Gasteiger partial charge in [-0.25, -0.2) is 13.6 Å². The summed E-state index contributed by atoms with van der Waals surface area (Å²) < 4.78 is 27.9. The Labute approximate surface area is 146 Å². The molecule has 0 bridgehead atoms. The smallest absolute Gasteiger partial charge is 0.319 e. The van der Waals surface area contributed by atoms with E-state index in [4.69, 9.17) is 0 Å². The molecule has 2 amide bonds. The van der Waals surface area contributed by atoms with Crippen LogP contribution in [0.4, 0.5) is 13.6 Å². The van der Waals surface area contributed by atoms with Crippen molar-refractivity contribution in [2.75, 3.05) is 27.2 Å². The molecule has 5 heteroatoms. The Bertz CT molecular complexity index is 803. The number of benzene rings is 2. The molecule has 2 aromatic rings. The molecular weight excluding hydrogens is 322 g/mol. The highest BCUT2D eigenvalue weighted by molar-refractivity contribution is 5.79. The van der Waals surface area contributed by atoms with Crippen molar-refractivity contribution in [3.8, 4) is 0 Å². The van der Waals surface area contributed by atoms with Gasteiger partial charge in [-0.05, 0) is 29.3 Å². The Morgan fingerprint density at radius 1 is 1.12 bits per heavy atom. The molecule has 0 saturated carbocycles. The minimum Gasteiger partial charge on any atom is -0.331 e. The molecule has 2 aromatic carbocycles. The number of nitrogens with zero attached hydrogens (tertiary/aromatic N) is 2. The lowest BCUT2D eigenvalue weighted by atomic mass is 9.90.